The molecule has 16 heteroatoms. The molecule has 4 amide bonds. The molecule has 0 bridgehead atoms. The lowest BCUT2D eigenvalue weighted by atomic mass is 10.1. The lowest BCUT2D eigenvalue weighted by Crippen LogP contribution is -2.46. The van der Waals surface area contributed by atoms with Gasteiger partial charge in [0.15, 0.2) is 0 Å². The Morgan fingerprint density at radius 3 is 1.44 bits per heavy atom. The molecule has 2 aliphatic rings. The van der Waals surface area contributed by atoms with Crippen LogP contribution >= 0.6 is 92.8 Å². The molecule has 1 atom stereocenters. The van der Waals surface area contributed by atoms with Crippen molar-refractivity contribution in [1.82, 2.24) is 9.80 Å². The maximum atomic E-state index is 13.5. The van der Waals surface area contributed by atoms with E-state index >= 15 is 0 Å². The third-order valence-electron chi connectivity index (χ3n) is 7.50. The highest BCUT2D eigenvalue weighted by Crippen LogP contribution is 2.46. The molecule has 0 aromatic heterocycles. The molecule has 2 aromatic carbocycles. The predicted octanol–water partition coefficient (Wildman–Crippen LogP) is 9.86. The summed E-state index contributed by atoms with van der Waals surface area (Å²) in [4.78, 5) is 68.2. The quantitative estimate of drug-likeness (QED) is 0.0660. The summed E-state index contributed by atoms with van der Waals surface area (Å²) in [6.07, 6.45) is 4.77. The lowest BCUT2D eigenvalue weighted by Gasteiger charge is -2.25. The summed E-state index contributed by atoms with van der Waals surface area (Å²) in [5.41, 5.74) is -0.844. The number of carbonyl (C=O) groups is 5. The minimum atomic E-state index is -1.37. The summed E-state index contributed by atoms with van der Waals surface area (Å²) in [7, 11) is 0. The van der Waals surface area contributed by atoms with Gasteiger partial charge in [0.1, 0.15) is 6.04 Å². The minimum absolute atomic E-state index is 0.0703. The number of amides is 4. The van der Waals surface area contributed by atoms with Crippen LogP contribution < -0.4 is 0 Å². The van der Waals surface area contributed by atoms with Crippen LogP contribution in [-0.2, 0) is 9.53 Å². The largest absolute Gasteiger partial charge is 0.464 e. The average Bonchev–Trinajstić information content (AvgIpc) is 3.42. The van der Waals surface area contributed by atoms with E-state index in [1.54, 1.807) is 0 Å². The Morgan fingerprint density at radius 2 is 1.00 bits per heavy atom. The first-order valence-corrected chi connectivity index (χ1v) is 16.9. The fourth-order valence-electron chi connectivity index (χ4n) is 5.18. The Hall–Kier alpha value is -1.49. The van der Waals surface area contributed by atoms with Crippen LogP contribution in [0.3, 0.4) is 0 Å². The van der Waals surface area contributed by atoms with Gasteiger partial charge in [0, 0.05) is 6.54 Å². The highest BCUT2D eigenvalue weighted by atomic mass is 35.5. The van der Waals surface area contributed by atoms with Crippen LogP contribution in [0.1, 0.15) is 99.7 Å². The second-order valence-electron chi connectivity index (χ2n) is 10.3. The monoisotopic (exact) mass is 776 g/mol. The molecule has 2 aliphatic heterocycles. The number of hydrogen-bond acceptors (Lipinski definition) is 6. The molecule has 4 rings (SSSR count). The van der Waals surface area contributed by atoms with Crippen molar-refractivity contribution in [2.75, 3.05) is 13.2 Å². The van der Waals surface area contributed by atoms with Gasteiger partial charge in [-0.15, -0.1) is 0 Å². The molecule has 2 aromatic rings. The van der Waals surface area contributed by atoms with Crippen LogP contribution in [0.4, 0.5) is 0 Å². The Bertz CT molecular complexity index is 1520. The average molecular weight is 780 g/mol. The number of fused-ring (bicyclic) bond motifs is 2. The van der Waals surface area contributed by atoms with E-state index in [9.17, 15) is 24.0 Å². The molecule has 0 spiro atoms. The normalized spacial score (nSPS) is 14.9. The van der Waals surface area contributed by atoms with Gasteiger partial charge in [0.05, 0.1) is 69.0 Å². The van der Waals surface area contributed by atoms with Gasteiger partial charge in [-0.05, 0) is 25.7 Å². The Labute approximate surface area is 299 Å². The van der Waals surface area contributed by atoms with Crippen LogP contribution in [0.5, 0.6) is 0 Å². The van der Waals surface area contributed by atoms with Crippen molar-refractivity contribution in [3.63, 3.8) is 0 Å². The Kier molecular flexibility index (Phi) is 12.2. The topological polar surface area (TPSA) is 101 Å². The first-order chi connectivity index (χ1) is 21.3. The zero-order valence-corrected chi connectivity index (χ0v) is 29.6. The van der Waals surface area contributed by atoms with Gasteiger partial charge in [-0.2, -0.15) is 0 Å². The van der Waals surface area contributed by atoms with Crippen molar-refractivity contribution in [1.29, 1.82) is 0 Å². The Morgan fingerprint density at radius 1 is 0.578 bits per heavy atom. The number of esters is 1. The van der Waals surface area contributed by atoms with E-state index in [1.807, 2.05) is 0 Å². The molecule has 0 aliphatic carbocycles. The van der Waals surface area contributed by atoms with E-state index in [0.717, 1.165) is 35.5 Å². The number of benzene rings is 2. The standard InChI is InChI=1S/C29H24Cl8N2O6/c1-2-3-4-5-8-11-45-29(44)12(39-27(42)15-16(28(39)43)20(33)24(37)23(36)19(15)32)9-6-7-10-38-25(40)13-14(26(38)41)18(31)22(35)21(34)17(13)30/h12H,2-11H2,1H3. The van der Waals surface area contributed by atoms with Gasteiger partial charge >= 0.3 is 5.97 Å². The van der Waals surface area contributed by atoms with Crippen molar-refractivity contribution >= 4 is 122 Å². The van der Waals surface area contributed by atoms with Gasteiger partial charge in [0.25, 0.3) is 23.6 Å². The second-order valence-corrected chi connectivity index (χ2v) is 13.4. The molecule has 242 valence electrons. The smallest absolute Gasteiger partial charge is 0.329 e. The summed E-state index contributed by atoms with van der Waals surface area (Å²) in [5, 5.41) is -1.65. The molecule has 0 saturated heterocycles. The molecule has 0 radical (unpaired) electrons. The fraction of sp³-hybridized carbons (Fsp3) is 0.414. The number of ether oxygens (including phenoxy) is 1. The van der Waals surface area contributed by atoms with Crippen LogP contribution in [0.25, 0.3) is 0 Å². The van der Waals surface area contributed by atoms with E-state index < -0.39 is 35.6 Å². The minimum Gasteiger partial charge on any atom is -0.464 e. The van der Waals surface area contributed by atoms with Gasteiger partial charge in [-0.3, -0.25) is 29.0 Å². The summed E-state index contributed by atoms with van der Waals surface area (Å²) in [5.74, 6) is -4.00. The van der Waals surface area contributed by atoms with Gasteiger partial charge < -0.3 is 4.74 Å². The van der Waals surface area contributed by atoms with Gasteiger partial charge in [0.2, 0.25) is 0 Å². The number of nitrogens with zero attached hydrogens (tertiary/aromatic N) is 2. The first-order valence-electron chi connectivity index (χ1n) is 13.9. The van der Waals surface area contributed by atoms with Crippen LogP contribution in [0.15, 0.2) is 0 Å². The fourth-order valence-corrected chi connectivity index (χ4v) is 7.21. The first kappa shape index (κ1) is 36.3. The van der Waals surface area contributed by atoms with Crippen LogP contribution in [-0.4, -0.2) is 58.6 Å². The number of halogens is 8. The van der Waals surface area contributed by atoms with Crippen LogP contribution in [0, 0.1) is 0 Å². The van der Waals surface area contributed by atoms with E-state index in [4.69, 9.17) is 97.5 Å². The highest BCUT2D eigenvalue weighted by Gasteiger charge is 2.47. The lowest BCUT2D eigenvalue weighted by molar-refractivity contribution is -0.148. The summed E-state index contributed by atoms with van der Waals surface area (Å²) < 4.78 is 5.48. The molecule has 45 heavy (non-hydrogen) atoms. The SMILES string of the molecule is CCCCCCCOC(=O)C(CCCCN1C(=O)c2c(Cl)c(Cl)c(Cl)c(Cl)c2C1=O)N1C(=O)c2c(Cl)c(Cl)c(Cl)c(Cl)c2C1=O. The molecule has 0 N–H and O–H groups in total. The highest BCUT2D eigenvalue weighted by molar-refractivity contribution is 6.56. The number of imide groups is 2. The van der Waals surface area contributed by atoms with E-state index in [0.29, 0.717) is 6.42 Å². The van der Waals surface area contributed by atoms with Gasteiger partial charge in [-0.1, -0.05) is 125 Å². The maximum Gasteiger partial charge on any atom is 0.329 e. The number of unbranched alkanes of at least 4 members (excludes halogenated alkanes) is 5. The molecule has 2 heterocycles. The van der Waals surface area contributed by atoms with E-state index in [-0.39, 0.29) is 94.8 Å². The third-order valence-corrected chi connectivity index (χ3v) is 11.1. The molecule has 8 nitrogen and oxygen atoms in total. The van der Waals surface area contributed by atoms with Crippen LogP contribution in [0.2, 0.25) is 40.2 Å². The van der Waals surface area contributed by atoms with E-state index in [2.05, 4.69) is 6.92 Å². The van der Waals surface area contributed by atoms with E-state index in [1.165, 1.54) is 0 Å². The number of rotatable bonds is 13. The third kappa shape index (κ3) is 6.77. The molecule has 0 fully saturated rings. The molecule has 0 saturated carbocycles. The summed E-state index contributed by atoms with van der Waals surface area (Å²) >= 11 is 49.4. The van der Waals surface area contributed by atoms with Crippen molar-refractivity contribution in [2.45, 2.75) is 64.3 Å². The number of hydrogen-bond donors (Lipinski definition) is 0. The van der Waals surface area contributed by atoms with Gasteiger partial charge in [-0.25, -0.2) is 4.79 Å². The second kappa shape index (κ2) is 15.2. The van der Waals surface area contributed by atoms with Crippen molar-refractivity contribution in [3.05, 3.63) is 62.4 Å². The molecular formula is C29H24Cl8N2O6. The number of carbonyl (C=O) groups excluding carboxylic acids is 5. The predicted molar refractivity (Wildman–Crippen MR) is 176 cm³/mol. The zero-order chi connectivity index (χ0) is 33.3. The molecular weight excluding hydrogens is 756 g/mol. The maximum absolute atomic E-state index is 13.5. The zero-order valence-electron chi connectivity index (χ0n) is 23.5. The molecule has 1 unspecified atom stereocenters. The van der Waals surface area contributed by atoms with Crippen molar-refractivity contribution in [3.8, 4) is 0 Å². The van der Waals surface area contributed by atoms with Crippen molar-refractivity contribution in [2.24, 2.45) is 0 Å². The summed E-state index contributed by atoms with van der Waals surface area (Å²) in [6, 6.07) is -1.37. The van der Waals surface area contributed by atoms with Crippen molar-refractivity contribution < 1.29 is 28.7 Å². The Balaban J connectivity index is 1.52. The summed E-state index contributed by atoms with van der Waals surface area (Å²) in [6.45, 7) is 2.07.